The number of rotatable bonds is 3. The van der Waals surface area contributed by atoms with Crippen LogP contribution in [0.4, 0.5) is 0 Å². The van der Waals surface area contributed by atoms with Crippen molar-refractivity contribution >= 4 is 5.78 Å². The molecule has 0 N–H and O–H groups in total. The van der Waals surface area contributed by atoms with Crippen LogP contribution in [0.25, 0.3) is 0 Å². The first-order chi connectivity index (χ1) is 8.48. The Labute approximate surface area is 112 Å². The second kappa shape index (κ2) is 5.73. The zero-order valence-corrected chi connectivity index (χ0v) is 12.4. The molecule has 2 fully saturated rings. The number of hydrogen-bond acceptors (Lipinski definition) is 2. The summed E-state index contributed by atoms with van der Waals surface area (Å²) in [5.41, 5.74) is -0.165. The number of nitrogens with zero attached hydrogens (tertiary/aromatic N) is 1. The number of likely N-dealkylation sites (tertiary alicyclic amines) is 1. The van der Waals surface area contributed by atoms with E-state index in [0.29, 0.717) is 5.78 Å². The van der Waals surface area contributed by atoms with E-state index < -0.39 is 0 Å². The number of carbonyl (C=O) groups excluding carboxylic acids is 1. The van der Waals surface area contributed by atoms with E-state index in [9.17, 15) is 4.79 Å². The van der Waals surface area contributed by atoms with Gasteiger partial charge in [0.15, 0.2) is 0 Å². The van der Waals surface area contributed by atoms with Gasteiger partial charge < -0.3 is 0 Å². The lowest BCUT2D eigenvalue weighted by atomic mass is 9.78. The van der Waals surface area contributed by atoms with Crippen LogP contribution in [0.2, 0.25) is 0 Å². The Hall–Kier alpha value is -0.370. The molecule has 2 aliphatic rings. The summed E-state index contributed by atoms with van der Waals surface area (Å²) in [6.07, 6.45) is 9.12. The van der Waals surface area contributed by atoms with Crippen LogP contribution < -0.4 is 0 Å². The van der Waals surface area contributed by atoms with E-state index in [0.717, 1.165) is 24.9 Å². The molecule has 0 radical (unpaired) electrons. The number of fused-ring (bicyclic) bond motifs is 1. The maximum atomic E-state index is 12.0. The van der Waals surface area contributed by atoms with E-state index >= 15 is 0 Å². The highest BCUT2D eigenvalue weighted by Crippen LogP contribution is 2.35. The Balaban J connectivity index is 1.86. The number of hydrogen-bond donors (Lipinski definition) is 0. The van der Waals surface area contributed by atoms with Crippen molar-refractivity contribution in [2.45, 2.75) is 71.8 Å². The van der Waals surface area contributed by atoms with Crippen LogP contribution in [0.15, 0.2) is 0 Å². The van der Waals surface area contributed by atoms with Gasteiger partial charge in [0.2, 0.25) is 0 Å². The van der Waals surface area contributed by atoms with Crippen molar-refractivity contribution in [2.24, 2.45) is 11.3 Å². The van der Waals surface area contributed by atoms with Crippen molar-refractivity contribution in [1.29, 1.82) is 0 Å². The van der Waals surface area contributed by atoms with Crippen LogP contribution in [0.1, 0.15) is 65.7 Å². The van der Waals surface area contributed by atoms with Gasteiger partial charge >= 0.3 is 0 Å². The molecule has 0 unspecified atom stereocenters. The van der Waals surface area contributed by atoms with Gasteiger partial charge in [-0.05, 0) is 38.1 Å². The van der Waals surface area contributed by atoms with Crippen LogP contribution >= 0.6 is 0 Å². The monoisotopic (exact) mass is 251 g/mol. The lowest BCUT2D eigenvalue weighted by Gasteiger charge is -2.44. The highest BCUT2D eigenvalue weighted by atomic mass is 16.1. The molecule has 0 aromatic heterocycles. The number of Topliss-reactive ketones (excluding diaryl/α,β-unsaturated/α-hetero) is 1. The van der Waals surface area contributed by atoms with E-state index in [1.165, 1.54) is 45.1 Å². The number of carbonyl (C=O) groups is 1. The second-order valence-corrected chi connectivity index (χ2v) is 7.21. The zero-order chi connectivity index (χ0) is 13.2. The molecule has 0 aromatic rings. The van der Waals surface area contributed by atoms with Gasteiger partial charge in [-0.1, -0.05) is 33.6 Å². The summed E-state index contributed by atoms with van der Waals surface area (Å²) >= 11 is 0. The molecule has 0 aromatic carbocycles. The molecule has 1 saturated carbocycles. The first-order valence-electron chi connectivity index (χ1n) is 7.76. The average molecular weight is 251 g/mol. The third-order valence-corrected chi connectivity index (χ3v) is 4.82. The van der Waals surface area contributed by atoms with Crippen LogP contribution in [0.3, 0.4) is 0 Å². The molecule has 104 valence electrons. The summed E-state index contributed by atoms with van der Waals surface area (Å²) in [4.78, 5) is 14.7. The van der Waals surface area contributed by atoms with E-state index in [2.05, 4.69) is 4.90 Å². The minimum Gasteiger partial charge on any atom is -0.300 e. The second-order valence-electron chi connectivity index (χ2n) is 7.21. The van der Waals surface area contributed by atoms with Crippen LogP contribution in [-0.2, 0) is 4.79 Å². The molecule has 0 bridgehead atoms. The fourth-order valence-corrected chi connectivity index (χ4v) is 3.63. The minimum atomic E-state index is -0.165. The third kappa shape index (κ3) is 3.34. The Morgan fingerprint density at radius 3 is 2.50 bits per heavy atom. The third-order valence-electron chi connectivity index (χ3n) is 4.82. The number of piperidine rings is 1. The van der Waals surface area contributed by atoms with Gasteiger partial charge in [-0.3, -0.25) is 9.69 Å². The minimum absolute atomic E-state index is 0.165. The largest absolute Gasteiger partial charge is 0.300 e. The van der Waals surface area contributed by atoms with Crippen molar-refractivity contribution in [1.82, 2.24) is 4.90 Å². The fraction of sp³-hybridized carbons (Fsp3) is 0.938. The molecule has 1 aliphatic heterocycles. The molecule has 0 spiro atoms. The average Bonchev–Trinajstić information content (AvgIpc) is 2.34. The molecule has 2 rings (SSSR count). The molecule has 1 aliphatic carbocycles. The normalized spacial score (nSPS) is 29.9. The van der Waals surface area contributed by atoms with Crippen LogP contribution in [0, 0.1) is 11.3 Å². The van der Waals surface area contributed by atoms with Crippen molar-refractivity contribution in [3.63, 3.8) is 0 Å². The maximum Gasteiger partial charge on any atom is 0.139 e. The first-order valence-corrected chi connectivity index (χ1v) is 7.76. The summed E-state index contributed by atoms with van der Waals surface area (Å²) in [5, 5.41) is 0. The van der Waals surface area contributed by atoms with Gasteiger partial charge in [-0.15, -0.1) is 0 Å². The Morgan fingerprint density at radius 1 is 1.11 bits per heavy atom. The van der Waals surface area contributed by atoms with E-state index in [4.69, 9.17) is 0 Å². The predicted molar refractivity (Wildman–Crippen MR) is 75.6 cm³/mol. The molecule has 2 heteroatoms. The van der Waals surface area contributed by atoms with Gasteiger partial charge in [0.1, 0.15) is 5.78 Å². The molecule has 2 nitrogen and oxygen atoms in total. The molecule has 1 saturated heterocycles. The molecule has 0 amide bonds. The lowest BCUT2D eigenvalue weighted by Crippen LogP contribution is -2.47. The van der Waals surface area contributed by atoms with Gasteiger partial charge in [0.05, 0.1) is 0 Å². The Morgan fingerprint density at radius 2 is 1.78 bits per heavy atom. The highest BCUT2D eigenvalue weighted by Gasteiger charge is 2.33. The van der Waals surface area contributed by atoms with Crippen molar-refractivity contribution in [2.75, 3.05) is 13.1 Å². The van der Waals surface area contributed by atoms with Gasteiger partial charge in [-0.25, -0.2) is 0 Å². The quantitative estimate of drug-likeness (QED) is 0.763. The van der Waals surface area contributed by atoms with Crippen molar-refractivity contribution in [3.05, 3.63) is 0 Å². The first kappa shape index (κ1) is 14.0. The van der Waals surface area contributed by atoms with Crippen LogP contribution in [0.5, 0.6) is 0 Å². The van der Waals surface area contributed by atoms with Gasteiger partial charge in [0.25, 0.3) is 0 Å². The van der Waals surface area contributed by atoms with Crippen molar-refractivity contribution < 1.29 is 4.79 Å². The summed E-state index contributed by atoms with van der Waals surface area (Å²) in [5.74, 6) is 1.35. The Bertz CT molecular complexity index is 290. The smallest absolute Gasteiger partial charge is 0.139 e. The molecule has 1 heterocycles. The summed E-state index contributed by atoms with van der Waals surface area (Å²) in [6.45, 7) is 8.33. The van der Waals surface area contributed by atoms with E-state index in [1.54, 1.807) is 0 Å². The summed E-state index contributed by atoms with van der Waals surface area (Å²) < 4.78 is 0. The Kier molecular flexibility index (Phi) is 4.47. The van der Waals surface area contributed by atoms with E-state index in [1.807, 2.05) is 20.8 Å². The molecule has 18 heavy (non-hydrogen) atoms. The summed E-state index contributed by atoms with van der Waals surface area (Å²) in [6, 6.07) is 0.792. The topological polar surface area (TPSA) is 20.3 Å². The van der Waals surface area contributed by atoms with Gasteiger partial charge in [0, 0.05) is 24.4 Å². The molecular formula is C16H29NO. The summed E-state index contributed by atoms with van der Waals surface area (Å²) in [7, 11) is 0. The van der Waals surface area contributed by atoms with Crippen LogP contribution in [-0.4, -0.2) is 29.8 Å². The van der Waals surface area contributed by atoms with Gasteiger partial charge in [-0.2, -0.15) is 0 Å². The fourth-order valence-electron chi connectivity index (χ4n) is 3.63. The van der Waals surface area contributed by atoms with Crippen molar-refractivity contribution in [3.8, 4) is 0 Å². The zero-order valence-electron chi connectivity index (χ0n) is 12.4. The maximum absolute atomic E-state index is 12.0. The predicted octanol–water partition coefficient (Wildman–Crippen LogP) is 3.65. The lowest BCUT2D eigenvalue weighted by molar-refractivity contribution is -0.127. The standard InChI is InChI=1S/C16H29NO/c1-16(2,3)15(18)10-12-17-11-6-8-13-7-4-5-9-14(13)17/h13-14H,4-12H2,1-3H3/t13-,14-/m1/s1. The molecule has 2 atom stereocenters. The molecular weight excluding hydrogens is 222 g/mol. The SMILES string of the molecule is CC(C)(C)C(=O)CCN1CCC[C@H]2CCCC[C@H]21. The number of ketones is 1. The van der Waals surface area contributed by atoms with E-state index in [-0.39, 0.29) is 5.41 Å². The highest BCUT2D eigenvalue weighted by molar-refractivity contribution is 5.83.